The molecule has 0 aromatic heterocycles. The van der Waals surface area contributed by atoms with Gasteiger partial charge in [-0.25, -0.2) is 0 Å². The van der Waals surface area contributed by atoms with E-state index in [-0.39, 0.29) is 0 Å². The van der Waals surface area contributed by atoms with Gasteiger partial charge in [0.15, 0.2) is 0 Å². The molecule has 124 valence electrons. The van der Waals surface area contributed by atoms with Gasteiger partial charge in [-0.05, 0) is 58.8 Å². The van der Waals surface area contributed by atoms with Gasteiger partial charge in [-0.15, -0.1) is 0 Å². The molecule has 0 fully saturated rings. The Morgan fingerprint density at radius 1 is 1.08 bits per heavy atom. The minimum atomic E-state index is -0.427. The number of carbonyl (C=O) groups is 2. The predicted molar refractivity (Wildman–Crippen MR) is 96.4 cm³/mol. The largest absolute Gasteiger partial charge is 0.494 e. The quantitative estimate of drug-likeness (QED) is 0.609. The second-order valence-electron chi connectivity index (χ2n) is 4.76. The number of amides is 2. The Hall–Kier alpha value is -2.60. The van der Waals surface area contributed by atoms with Crippen molar-refractivity contribution in [2.24, 2.45) is 0 Å². The molecular formula is C18H17BrN2O3. The van der Waals surface area contributed by atoms with E-state index in [9.17, 15) is 9.59 Å². The first kappa shape index (κ1) is 17.7. The molecule has 2 aromatic carbocycles. The Balaban J connectivity index is 1.86. The number of nitrogens with one attached hydrogen (secondary N) is 2. The molecule has 0 heterocycles. The van der Waals surface area contributed by atoms with Crippen molar-refractivity contribution in [3.63, 3.8) is 0 Å². The molecule has 0 saturated carbocycles. The molecule has 0 saturated heterocycles. The molecule has 2 amide bonds. The molecule has 0 aliphatic heterocycles. The zero-order chi connectivity index (χ0) is 17.4. The first-order valence-corrected chi connectivity index (χ1v) is 8.15. The molecule has 2 aromatic rings. The highest BCUT2D eigenvalue weighted by Crippen LogP contribution is 2.15. The van der Waals surface area contributed by atoms with Gasteiger partial charge in [-0.3, -0.25) is 20.4 Å². The summed E-state index contributed by atoms with van der Waals surface area (Å²) in [4.78, 5) is 23.7. The van der Waals surface area contributed by atoms with Crippen LogP contribution in [0.5, 0.6) is 5.75 Å². The second kappa shape index (κ2) is 8.88. The number of rotatable bonds is 5. The number of hydrazine groups is 1. The third-order valence-electron chi connectivity index (χ3n) is 3.04. The molecule has 0 unspecified atom stereocenters. The van der Waals surface area contributed by atoms with Gasteiger partial charge in [0.05, 0.1) is 12.2 Å². The van der Waals surface area contributed by atoms with Crippen molar-refractivity contribution < 1.29 is 14.3 Å². The molecule has 24 heavy (non-hydrogen) atoms. The van der Waals surface area contributed by atoms with Crippen LogP contribution in [0.25, 0.3) is 6.08 Å². The summed E-state index contributed by atoms with van der Waals surface area (Å²) in [7, 11) is 0. The molecule has 5 nitrogen and oxygen atoms in total. The van der Waals surface area contributed by atoms with Crippen LogP contribution in [0.1, 0.15) is 22.8 Å². The van der Waals surface area contributed by atoms with E-state index in [0.29, 0.717) is 16.6 Å². The van der Waals surface area contributed by atoms with E-state index >= 15 is 0 Å². The van der Waals surface area contributed by atoms with E-state index in [4.69, 9.17) is 4.74 Å². The number of carbonyl (C=O) groups excluding carboxylic acids is 2. The van der Waals surface area contributed by atoms with Crippen molar-refractivity contribution >= 4 is 33.8 Å². The lowest BCUT2D eigenvalue weighted by Gasteiger charge is -2.06. The Morgan fingerprint density at radius 3 is 2.46 bits per heavy atom. The average Bonchev–Trinajstić information content (AvgIpc) is 2.60. The van der Waals surface area contributed by atoms with Crippen LogP contribution in [0, 0.1) is 0 Å². The van der Waals surface area contributed by atoms with Gasteiger partial charge >= 0.3 is 0 Å². The van der Waals surface area contributed by atoms with Crippen LogP contribution in [0.2, 0.25) is 0 Å². The van der Waals surface area contributed by atoms with E-state index in [1.54, 1.807) is 30.3 Å². The van der Waals surface area contributed by atoms with Crippen LogP contribution in [0.3, 0.4) is 0 Å². The summed E-state index contributed by atoms with van der Waals surface area (Å²) < 4.78 is 6.00. The maximum atomic E-state index is 11.9. The lowest BCUT2D eigenvalue weighted by Crippen LogP contribution is -2.40. The molecule has 2 rings (SSSR count). The standard InChI is InChI=1S/C18H17BrN2O3/c1-2-24-14-10-7-13(8-11-14)9-12-17(22)20-21-18(23)15-5-3-4-6-16(15)19/h3-12H,2H2,1H3,(H,20,22)(H,21,23)/b12-9+. The molecule has 0 radical (unpaired) electrons. The lowest BCUT2D eigenvalue weighted by molar-refractivity contribution is -0.117. The summed E-state index contributed by atoms with van der Waals surface area (Å²) in [5.41, 5.74) is 5.99. The van der Waals surface area contributed by atoms with Gasteiger partial charge in [0.25, 0.3) is 11.8 Å². The Kier molecular flexibility index (Phi) is 6.57. The zero-order valence-corrected chi connectivity index (χ0v) is 14.7. The number of hydrogen-bond donors (Lipinski definition) is 2. The van der Waals surface area contributed by atoms with Crippen LogP contribution in [0.4, 0.5) is 0 Å². The molecule has 0 aliphatic carbocycles. The molecule has 0 aliphatic rings. The summed E-state index contributed by atoms with van der Waals surface area (Å²) in [6.45, 7) is 2.52. The van der Waals surface area contributed by atoms with Gasteiger partial charge < -0.3 is 4.74 Å². The number of hydrogen-bond acceptors (Lipinski definition) is 3. The molecule has 6 heteroatoms. The predicted octanol–water partition coefficient (Wildman–Crippen LogP) is 3.32. The summed E-state index contributed by atoms with van der Waals surface area (Å²) in [5, 5.41) is 0. The summed E-state index contributed by atoms with van der Waals surface area (Å²) >= 11 is 3.28. The van der Waals surface area contributed by atoms with Gasteiger partial charge in [0.1, 0.15) is 5.75 Å². The molecule has 0 atom stereocenters. The highest BCUT2D eigenvalue weighted by Gasteiger charge is 2.09. The van der Waals surface area contributed by atoms with Crippen molar-refractivity contribution in [1.82, 2.24) is 10.9 Å². The normalized spacial score (nSPS) is 10.4. The minimum absolute atomic E-state index is 0.398. The zero-order valence-electron chi connectivity index (χ0n) is 13.1. The highest BCUT2D eigenvalue weighted by atomic mass is 79.9. The Labute approximate surface area is 148 Å². The summed E-state index contributed by atoms with van der Waals surface area (Å²) in [5.74, 6) is -0.0469. The first-order valence-electron chi connectivity index (χ1n) is 7.36. The fourth-order valence-electron chi connectivity index (χ4n) is 1.89. The van der Waals surface area contributed by atoms with Crippen molar-refractivity contribution in [3.05, 3.63) is 70.2 Å². The fourth-order valence-corrected chi connectivity index (χ4v) is 2.35. The third-order valence-corrected chi connectivity index (χ3v) is 3.73. The Bertz CT molecular complexity index is 742. The van der Waals surface area contributed by atoms with E-state index in [1.807, 2.05) is 31.2 Å². The number of halogens is 1. The molecule has 0 bridgehead atoms. The maximum absolute atomic E-state index is 11.9. The van der Waals surface area contributed by atoms with Gasteiger partial charge in [0, 0.05) is 10.5 Å². The van der Waals surface area contributed by atoms with Crippen LogP contribution in [0.15, 0.2) is 59.1 Å². The SMILES string of the molecule is CCOc1ccc(/C=C/C(=O)NNC(=O)c2ccccc2Br)cc1. The monoisotopic (exact) mass is 388 g/mol. The van der Waals surface area contributed by atoms with E-state index < -0.39 is 11.8 Å². The van der Waals surface area contributed by atoms with E-state index in [2.05, 4.69) is 26.8 Å². The van der Waals surface area contributed by atoms with E-state index in [1.165, 1.54) is 6.08 Å². The average molecular weight is 389 g/mol. The van der Waals surface area contributed by atoms with Crippen LogP contribution in [-0.2, 0) is 4.79 Å². The smallest absolute Gasteiger partial charge is 0.270 e. The van der Waals surface area contributed by atoms with Crippen molar-refractivity contribution in [2.45, 2.75) is 6.92 Å². The fraction of sp³-hybridized carbons (Fsp3) is 0.111. The molecule has 2 N–H and O–H groups in total. The van der Waals surface area contributed by atoms with Gasteiger partial charge in [0.2, 0.25) is 0 Å². The van der Waals surface area contributed by atoms with Gasteiger partial charge in [-0.1, -0.05) is 24.3 Å². The first-order chi connectivity index (χ1) is 11.6. The second-order valence-corrected chi connectivity index (χ2v) is 5.61. The maximum Gasteiger partial charge on any atom is 0.270 e. The Morgan fingerprint density at radius 2 is 1.79 bits per heavy atom. The number of ether oxygens (including phenoxy) is 1. The van der Waals surface area contributed by atoms with Crippen LogP contribution in [-0.4, -0.2) is 18.4 Å². The highest BCUT2D eigenvalue weighted by molar-refractivity contribution is 9.10. The number of benzene rings is 2. The summed E-state index contributed by atoms with van der Waals surface area (Å²) in [6, 6.07) is 14.3. The molecule has 0 spiro atoms. The summed E-state index contributed by atoms with van der Waals surface area (Å²) in [6.07, 6.45) is 2.99. The lowest BCUT2D eigenvalue weighted by atomic mass is 10.2. The third kappa shape index (κ3) is 5.24. The topological polar surface area (TPSA) is 67.4 Å². The molecular weight excluding hydrogens is 372 g/mol. The van der Waals surface area contributed by atoms with Crippen LogP contribution < -0.4 is 15.6 Å². The van der Waals surface area contributed by atoms with Crippen molar-refractivity contribution in [3.8, 4) is 5.75 Å². The van der Waals surface area contributed by atoms with Crippen molar-refractivity contribution in [1.29, 1.82) is 0 Å². The van der Waals surface area contributed by atoms with E-state index in [0.717, 1.165) is 11.3 Å². The van der Waals surface area contributed by atoms with Crippen LogP contribution >= 0.6 is 15.9 Å². The minimum Gasteiger partial charge on any atom is -0.494 e. The van der Waals surface area contributed by atoms with Crippen molar-refractivity contribution in [2.75, 3.05) is 6.61 Å². The van der Waals surface area contributed by atoms with Gasteiger partial charge in [-0.2, -0.15) is 0 Å².